The van der Waals surface area contributed by atoms with Crippen LogP contribution in [0.3, 0.4) is 0 Å². The number of carboxylic acid groups (broad SMARTS) is 1. The second kappa shape index (κ2) is 6.23. The van der Waals surface area contributed by atoms with Gasteiger partial charge in [-0.25, -0.2) is 13.2 Å². The lowest BCUT2D eigenvalue weighted by Crippen LogP contribution is -2.46. The highest BCUT2D eigenvalue weighted by molar-refractivity contribution is 7.91. The van der Waals surface area contributed by atoms with Crippen molar-refractivity contribution in [2.45, 2.75) is 24.3 Å². The molecule has 8 heteroatoms. The van der Waals surface area contributed by atoms with Gasteiger partial charge in [0, 0.05) is 0 Å². The van der Waals surface area contributed by atoms with Crippen molar-refractivity contribution in [1.29, 1.82) is 0 Å². The number of benzene rings is 1. The first-order chi connectivity index (χ1) is 9.62. The number of sulfone groups is 1. The zero-order valence-electron chi connectivity index (χ0n) is 11.7. The maximum absolute atomic E-state index is 12.0. The van der Waals surface area contributed by atoms with Crippen LogP contribution in [0.5, 0.6) is 0 Å². The summed E-state index contributed by atoms with van der Waals surface area (Å²) in [4.78, 5) is 22.6. The minimum absolute atomic E-state index is 0.0828. The average Bonchev–Trinajstić information content (AvgIpc) is 2.44. The van der Waals surface area contributed by atoms with Gasteiger partial charge in [0.25, 0.3) is 5.91 Å². The highest BCUT2D eigenvalue weighted by Gasteiger charge is 2.31. The van der Waals surface area contributed by atoms with E-state index in [-0.39, 0.29) is 16.2 Å². The molecule has 0 aromatic heterocycles. The molecule has 0 radical (unpaired) electrons. The standard InChI is InChI=1S/C13H17NO6S/c1-3-21(19,20)10-7-5-4-6-9(10)11(15)14-8-13(2,18)12(16)17/h4-7,18H,3,8H2,1-2H3,(H,14,15)(H,16,17). The van der Waals surface area contributed by atoms with Gasteiger partial charge < -0.3 is 15.5 Å². The normalized spacial score (nSPS) is 14.2. The molecule has 0 aliphatic rings. The third-order valence-electron chi connectivity index (χ3n) is 2.90. The minimum atomic E-state index is -3.58. The quantitative estimate of drug-likeness (QED) is 0.682. The summed E-state index contributed by atoms with van der Waals surface area (Å²) in [5.74, 6) is -2.41. The van der Waals surface area contributed by atoms with Gasteiger partial charge in [0.1, 0.15) is 0 Å². The molecule has 1 rings (SSSR count). The van der Waals surface area contributed by atoms with E-state index in [1.807, 2.05) is 0 Å². The lowest BCUT2D eigenvalue weighted by atomic mass is 10.1. The van der Waals surface area contributed by atoms with Gasteiger partial charge in [-0.15, -0.1) is 0 Å². The summed E-state index contributed by atoms with van der Waals surface area (Å²) < 4.78 is 23.8. The van der Waals surface area contributed by atoms with Gasteiger partial charge in [0.05, 0.1) is 22.8 Å². The number of nitrogens with one attached hydrogen (secondary N) is 1. The molecule has 0 fully saturated rings. The maximum atomic E-state index is 12.0. The van der Waals surface area contributed by atoms with E-state index in [0.29, 0.717) is 0 Å². The van der Waals surface area contributed by atoms with E-state index in [4.69, 9.17) is 5.11 Å². The van der Waals surface area contributed by atoms with Gasteiger partial charge in [-0.3, -0.25) is 4.79 Å². The largest absolute Gasteiger partial charge is 0.479 e. The second-order valence-electron chi connectivity index (χ2n) is 4.66. The van der Waals surface area contributed by atoms with Crippen molar-refractivity contribution >= 4 is 21.7 Å². The van der Waals surface area contributed by atoms with Crippen LogP contribution in [0.15, 0.2) is 29.2 Å². The number of rotatable bonds is 6. The van der Waals surface area contributed by atoms with Crippen molar-refractivity contribution in [2.24, 2.45) is 0 Å². The van der Waals surface area contributed by atoms with Crippen molar-refractivity contribution in [3.05, 3.63) is 29.8 Å². The highest BCUT2D eigenvalue weighted by Crippen LogP contribution is 2.17. The Labute approximate surface area is 122 Å². The smallest absolute Gasteiger partial charge is 0.337 e. The minimum Gasteiger partial charge on any atom is -0.479 e. The molecule has 0 saturated heterocycles. The molecule has 1 atom stereocenters. The topological polar surface area (TPSA) is 121 Å². The molecule has 0 heterocycles. The summed E-state index contributed by atoms with van der Waals surface area (Å²) >= 11 is 0. The zero-order valence-corrected chi connectivity index (χ0v) is 12.5. The molecule has 0 spiro atoms. The first-order valence-corrected chi connectivity index (χ1v) is 7.83. The van der Waals surface area contributed by atoms with Gasteiger partial charge in [-0.1, -0.05) is 19.1 Å². The molecule has 1 amide bonds. The number of carboxylic acids is 1. The summed E-state index contributed by atoms with van der Waals surface area (Å²) in [6.07, 6.45) is 0. The molecule has 21 heavy (non-hydrogen) atoms. The van der Waals surface area contributed by atoms with E-state index >= 15 is 0 Å². The Bertz CT molecular complexity index is 650. The Kier molecular flexibility index (Phi) is 5.08. The van der Waals surface area contributed by atoms with Crippen LogP contribution in [0.2, 0.25) is 0 Å². The predicted octanol–water partition coefficient (Wildman–Crippen LogP) is 0.0456. The van der Waals surface area contributed by atoms with E-state index in [1.165, 1.54) is 31.2 Å². The van der Waals surface area contributed by atoms with Gasteiger partial charge in [0.2, 0.25) is 0 Å². The summed E-state index contributed by atoms with van der Waals surface area (Å²) in [7, 11) is -3.58. The van der Waals surface area contributed by atoms with Gasteiger partial charge in [-0.05, 0) is 19.1 Å². The molecular formula is C13H17NO6S. The summed E-state index contributed by atoms with van der Waals surface area (Å²) in [5.41, 5.74) is -2.21. The van der Waals surface area contributed by atoms with Crippen molar-refractivity contribution in [2.75, 3.05) is 12.3 Å². The SMILES string of the molecule is CCS(=O)(=O)c1ccccc1C(=O)NCC(C)(O)C(=O)O. The number of aliphatic hydroxyl groups is 1. The van der Waals surface area contributed by atoms with Crippen LogP contribution in [0, 0.1) is 0 Å². The van der Waals surface area contributed by atoms with Gasteiger partial charge >= 0.3 is 5.97 Å². The van der Waals surface area contributed by atoms with E-state index < -0.39 is 33.9 Å². The molecule has 0 saturated carbocycles. The molecule has 116 valence electrons. The Morgan fingerprint density at radius 1 is 1.29 bits per heavy atom. The molecule has 0 bridgehead atoms. The lowest BCUT2D eigenvalue weighted by Gasteiger charge is -2.18. The van der Waals surface area contributed by atoms with Crippen LogP contribution in [0.1, 0.15) is 24.2 Å². The Morgan fingerprint density at radius 3 is 2.38 bits per heavy atom. The zero-order chi connectivity index (χ0) is 16.3. The van der Waals surface area contributed by atoms with E-state index in [2.05, 4.69) is 5.32 Å². The third-order valence-corrected chi connectivity index (χ3v) is 4.69. The molecule has 3 N–H and O–H groups in total. The lowest BCUT2D eigenvalue weighted by molar-refractivity contribution is -0.155. The van der Waals surface area contributed by atoms with Crippen LogP contribution < -0.4 is 5.32 Å². The molecule has 0 aliphatic carbocycles. The summed E-state index contributed by atoms with van der Waals surface area (Å²) in [6.45, 7) is 1.95. The van der Waals surface area contributed by atoms with E-state index in [1.54, 1.807) is 0 Å². The molecular weight excluding hydrogens is 298 g/mol. The van der Waals surface area contributed by atoms with Crippen LogP contribution in [-0.2, 0) is 14.6 Å². The number of hydrogen-bond acceptors (Lipinski definition) is 5. The van der Waals surface area contributed by atoms with Crippen molar-refractivity contribution < 1.29 is 28.2 Å². The fourth-order valence-electron chi connectivity index (χ4n) is 1.50. The molecule has 7 nitrogen and oxygen atoms in total. The van der Waals surface area contributed by atoms with Gasteiger partial charge in [-0.2, -0.15) is 0 Å². The molecule has 1 aromatic rings. The molecule has 0 aliphatic heterocycles. The van der Waals surface area contributed by atoms with Crippen LogP contribution in [0.25, 0.3) is 0 Å². The van der Waals surface area contributed by atoms with Crippen LogP contribution >= 0.6 is 0 Å². The Balaban J connectivity index is 3.03. The molecule has 1 aromatic carbocycles. The Morgan fingerprint density at radius 2 is 1.86 bits per heavy atom. The number of hydrogen-bond donors (Lipinski definition) is 3. The van der Waals surface area contributed by atoms with Crippen LogP contribution in [-0.4, -0.2) is 48.4 Å². The highest BCUT2D eigenvalue weighted by atomic mass is 32.2. The van der Waals surface area contributed by atoms with Crippen molar-refractivity contribution in [3.63, 3.8) is 0 Å². The fourth-order valence-corrected chi connectivity index (χ4v) is 2.60. The number of carbonyl (C=O) groups excluding carboxylic acids is 1. The van der Waals surface area contributed by atoms with Crippen molar-refractivity contribution in [3.8, 4) is 0 Å². The first kappa shape index (κ1) is 17.1. The summed E-state index contributed by atoms with van der Waals surface area (Å²) in [6, 6.07) is 5.63. The van der Waals surface area contributed by atoms with E-state index in [0.717, 1.165) is 6.92 Å². The average molecular weight is 315 g/mol. The van der Waals surface area contributed by atoms with Gasteiger partial charge in [0.15, 0.2) is 15.4 Å². The third kappa shape index (κ3) is 4.02. The Hall–Kier alpha value is -1.93. The second-order valence-corrected chi connectivity index (χ2v) is 6.91. The summed E-state index contributed by atoms with van der Waals surface area (Å²) in [5, 5.41) is 20.5. The van der Waals surface area contributed by atoms with E-state index in [9.17, 15) is 23.1 Å². The maximum Gasteiger partial charge on any atom is 0.337 e. The van der Waals surface area contributed by atoms with Crippen molar-refractivity contribution in [1.82, 2.24) is 5.32 Å². The monoisotopic (exact) mass is 315 g/mol. The number of aliphatic carboxylic acids is 1. The predicted molar refractivity (Wildman–Crippen MR) is 74.8 cm³/mol. The molecule has 1 unspecified atom stereocenters. The number of amides is 1. The van der Waals surface area contributed by atoms with Crippen LogP contribution in [0.4, 0.5) is 0 Å². The number of carbonyl (C=O) groups is 2. The fraction of sp³-hybridized carbons (Fsp3) is 0.385. The first-order valence-electron chi connectivity index (χ1n) is 6.17.